The lowest BCUT2D eigenvalue weighted by Crippen LogP contribution is -1.97. The second kappa shape index (κ2) is 5.01. The summed E-state index contributed by atoms with van der Waals surface area (Å²) in [6.07, 6.45) is -0.0908. The second-order valence-electron chi connectivity index (χ2n) is 2.72. The second-order valence-corrected chi connectivity index (χ2v) is 2.72. The van der Waals surface area contributed by atoms with Gasteiger partial charge in [-0.15, -0.1) is 0 Å². The number of benzene rings is 1. The molecule has 0 unspecified atom stereocenters. The van der Waals surface area contributed by atoms with Crippen LogP contribution in [0.25, 0.3) is 0 Å². The lowest BCUT2D eigenvalue weighted by molar-refractivity contribution is -0.139. The van der Waals surface area contributed by atoms with E-state index in [0.29, 0.717) is 0 Å². The Bertz CT molecular complexity index is 429. The quantitative estimate of drug-likeness (QED) is 0.561. The molecule has 0 aromatic heterocycles. The van der Waals surface area contributed by atoms with Crippen molar-refractivity contribution in [1.82, 2.24) is 0 Å². The third kappa shape index (κ3) is 3.31. The lowest BCUT2D eigenvalue weighted by atomic mass is 10.2. The van der Waals surface area contributed by atoms with Crippen molar-refractivity contribution in [2.24, 2.45) is 0 Å². The number of hydrogen-bond donors (Lipinski definition) is 1. The molecule has 0 saturated carbocycles. The van der Waals surface area contributed by atoms with Crippen LogP contribution >= 0.6 is 0 Å². The molecule has 0 aliphatic heterocycles. The minimum atomic E-state index is -0.491. The summed E-state index contributed by atoms with van der Waals surface area (Å²) in [5.74, 6) is 3.87. The molecule has 0 spiro atoms. The first-order valence-electron chi connectivity index (χ1n) is 4.17. The first kappa shape index (κ1) is 11.1. The summed E-state index contributed by atoms with van der Waals surface area (Å²) < 4.78 is 17.1. The fraction of sp³-hybridized carbons (Fsp3) is 0.182. The highest BCUT2D eigenvalue weighted by Gasteiger charge is 1.99. The Morgan fingerprint density at radius 2 is 2.33 bits per heavy atom. The number of carbonyl (C=O) groups excluding carboxylic acids is 1. The maximum atomic E-state index is 12.7. The molecular formula is C11H9FO3. The van der Waals surface area contributed by atoms with Gasteiger partial charge in [-0.05, 0) is 18.2 Å². The first-order valence-corrected chi connectivity index (χ1v) is 4.17. The zero-order valence-corrected chi connectivity index (χ0v) is 8.08. The van der Waals surface area contributed by atoms with Gasteiger partial charge in [-0.1, -0.05) is 11.8 Å². The van der Waals surface area contributed by atoms with Gasteiger partial charge in [0.1, 0.15) is 18.0 Å². The van der Waals surface area contributed by atoms with E-state index in [1.54, 1.807) is 0 Å². The highest BCUT2D eigenvalue weighted by atomic mass is 19.1. The van der Waals surface area contributed by atoms with Crippen molar-refractivity contribution >= 4 is 5.97 Å². The number of aromatic hydroxyl groups is 1. The van der Waals surface area contributed by atoms with Crippen LogP contribution in [0, 0.1) is 17.7 Å². The first-order chi connectivity index (χ1) is 7.13. The molecule has 0 fully saturated rings. The number of esters is 1. The van der Waals surface area contributed by atoms with E-state index in [2.05, 4.69) is 16.6 Å². The molecule has 1 N–H and O–H groups in total. The summed E-state index contributed by atoms with van der Waals surface area (Å²) in [5.41, 5.74) is 0.152. The standard InChI is InChI=1S/C11H9FO3/c1-15-11(14)4-2-3-8-7-9(12)5-6-10(8)13/h5-7,13H,4H2,1H3. The molecule has 0 saturated heterocycles. The lowest BCUT2D eigenvalue weighted by Gasteiger charge is -1.95. The normalized spacial score (nSPS) is 8.93. The molecule has 1 rings (SSSR count). The fourth-order valence-electron chi connectivity index (χ4n) is 0.892. The van der Waals surface area contributed by atoms with E-state index in [9.17, 15) is 14.3 Å². The zero-order chi connectivity index (χ0) is 11.3. The minimum absolute atomic E-state index is 0.0908. The smallest absolute Gasteiger partial charge is 0.317 e. The molecule has 0 bridgehead atoms. The summed E-state index contributed by atoms with van der Waals surface area (Å²) in [6, 6.07) is 3.43. The summed E-state index contributed by atoms with van der Waals surface area (Å²) in [6.45, 7) is 0. The van der Waals surface area contributed by atoms with Gasteiger partial charge in [0.15, 0.2) is 0 Å². The van der Waals surface area contributed by atoms with Crippen LogP contribution in [0.5, 0.6) is 5.75 Å². The molecule has 0 radical (unpaired) electrons. The molecule has 0 aliphatic carbocycles. The van der Waals surface area contributed by atoms with E-state index >= 15 is 0 Å². The Kier molecular flexibility index (Phi) is 3.69. The van der Waals surface area contributed by atoms with Crippen LogP contribution in [0.3, 0.4) is 0 Å². The van der Waals surface area contributed by atoms with E-state index in [-0.39, 0.29) is 17.7 Å². The van der Waals surface area contributed by atoms with Crippen molar-refractivity contribution in [2.45, 2.75) is 6.42 Å². The number of ether oxygens (including phenoxy) is 1. The van der Waals surface area contributed by atoms with Gasteiger partial charge in [-0.25, -0.2) is 4.39 Å². The van der Waals surface area contributed by atoms with Gasteiger partial charge in [0.25, 0.3) is 0 Å². The van der Waals surface area contributed by atoms with Gasteiger partial charge in [0, 0.05) is 0 Å². The van der Waals surface area contributed by atoms with E-state index in [0.717, 1.165) is 12.1 Å². The molecule has 15 heavy (non-hydrogen) atoms. The number of phenols is 1. The van der Waals surface area contributed by atoms with Crippen LogP contribution in [-0.4, -0.2) is 18.2 Å². The Morgan fingerprint density at radius 1 is 1.60 bits per heavy atom. The summed E-state index contributed by atoms with van der Waals surface area (Å²) >= 11 is 0. The van der Waals surface area contributed by atoms with Crippen LogP contribution in [0.4, 0.5) is 4.39 Å². The Balaban J connectivity index is 2.79. The summed E-state index contributed by atoms with van der Waals surface area (Å²) in [4.78, 5) is 10.7. The summed E-state index contributed by atoms with van der Waals surface area (Å²) in [5, 5.41) is 9.27. The number of carbonyl (C=O) groups is 1. The van der Waals surface area contributed by atoms with E-state index in [4.69, 9.17) is 0 Å². The van der Waals surface area contributed by atoms with E-state index < -0.39 is 11.8 Å². The molecule has 3 nitrogen and oxygen atoms in total. The molecular weight excluding hydrogens is 199 g/mol. The molecule has 78 valence electrons. The number of halogens is 1. The average molecular weight is 208 g/mol. The van der Waals surface area contributed by atoms with E-state index in [1.807, 2.05) is 0 Å². The van der Waals surface area contributed by atoms with Crippen LogP contribution in [0.1, 0.15) is 12.0 Å². The van der Waals surface area contributed by atoms with Crippen LogP contribution < -0.4 is 0 Å². The molecule has 0 heterocycles. The van der Waals surface area contributed by atoms with Crippen molar-refractivity contribution in [3.8, 4) is 17.6 Å². The van der Waals surface area contributed by atoms with Gasteiger partial charge in [0.05, 0.1) is 12.7 Å². The molecule has 0 aliphatic rings. The number of rotatable bonds is 1. The summed E-state index contributed by atoms with van der Waals surface area (Å²) in [7, 11) is 1.25. The van der Waals surface area contributed by atoms with Crippen LogP contribution in [0.2, 0.25) is 0 Å². The highest BCUT2D eigenvalue weighted by molar-refractivity contribution is 5.72. The molecule has 4 heteroatoms. The van der Waals surface area contributed by atoms with E-state index in [1.165, 1.54) is 13.2 Å². The Labute approximate surface area is 86.5 Å². The van der Waals surface area contributed by atoms with Crippen molar-refractivity contribution in [2.75, 3.05) is 7.11 Å². The van der Waals surface area contributed by atoms with Crippen molar-refractivity contribution in [3.05, 3.63) is 29.6 Å². The van der Waals surface area contributed by atoms with Crippen molar-refractivity contribution in [1.29, 1.82) is 0 Å². The number of hydrogen-bond acceptors (Lipinski definition) is 3. The minimum Gasteiger partial charge on any atom is -0.507 e. The third-order valence-corrected chi connectivity index (χ3v) is 1.64. The third-order valence-electron chi connectivity index (χ3n) is 1.64. The predicted octanol–water partition coefficient (Wildman–Crippen LogP) is 1.45. The average Bonchev–Trinajstić information content (AvgIpc) is 2.23. The van der Waals surface area contributed by atoms with Crippen LogP contribution in [0.15, 0.2) is 18.2 Å². The van der Waals surface area contributed by atoms with Gasteiger partial charge in [-0.2, -0.15) is 0 Å². The Hall–Kier alpha value is -2.02. The van der Waals surface area contributed by atoms with Crippen molar-refractivity contribution < 1.29 is 19.0 Å². The zero-order valence-electron chi connectivity index (χ0n) is 8.08. The van der Waals surface area contributed by atoms with Gasteiger partial charge in [-0.3, -0.25) is 4.79 Å². The van der Waals surface area contributed by atoms with Crippen molar-refractivity contribution in [3.63, 3.8) is 0 Å². The van der Waals surface area contributed by atoms with Gasteiger partial charge >= 0.3 is 5.97 Å². The SMILES string of the molecule is COC(=O)CC#Cc1cc(F)ccc1O. The predicted molar refractivity (Wildman–Crippen MR) is 51.6 cm³/mol. The fourth-order valence-corrected chi connectivity index (χ4v) is 0.892. The number of methoxy groups -OCH3 is 1. The number of phenolic OH excluding ortho intramolecular Hbond substituents is 1. The largest absolute Gasteiger partial charge is 0.507 e. The Morgan fingerprint density at radius 3 is 3.00 bits per heavy atom. The molecule has 0 amide bonds. The highest BCUT2D eigenvalue weighted by Crippen LogP contribution is 2.16. The van der Waals surface area contributed by atoms with Gasteiger partial charge < -0.3 is 9.84 Å². The molecule has 1 aromatic rings. The van der Waals surface area contributed by atoms with Gasteiger partial charge in [0.2, 0.25) is 0 Å². The van der Waals surface area contributed by atoms with Crippen LogP contribution in [-0.2, 0) is 9.53 Å². The molecule has 0 atom stereocenters. The maximum absolute atomic E-state index is 12.7. The monoisotopic (exact) mass is 208 g/mol. The topological polar surface area (TPSA) is 46.5 Å². The molecule has 1 aromatic carbocycles. The maximum Gasteiger partial charge on any atom is 0.317 e.